The van der Waals surface area contributed by atoms with Crippen molar-refractivity contribution in [3.8, 4) is 5.75 Å². The summed E-state index contributed by atoms with van der Waals surface area (Å²) in [5.41, 5.74) is 4.34. The van der Waals surface area contributed by atoms with Crippen LogP contribution in [-0.4, -0.2) is 40.2 Å². The average Bonchev–Trinajstić information content (AvgIpc) is 3.38. The molecule has 0 spiro atoms. The van der Waals surface area contributed by atoms with Crippen LogP contribution in [0.4, 0.5) is 11.4 Å². The molecule has 5 rings (SSSR count). The number of rotatable bonds is 11. The number of anilines is 2. The number of carbonyl (C=O) groups excluding carboxylic acids is 3. The number of hydrogen-bond donors (Lipinski definition) is 2. The monoisotopic (exact) mass is 733 g/mol. The van der Waals surface area contributed by atoms with E-state index in [1.54, 1.807) is 72.8 Å². The fourth-order valence-corrected chi connectivity index (χ4v) is 5.71. The van der Waals surface area contributed by atoms with Crippen LogP contribution in [0.1, 0.15) is 34.1 Å². The van der Waals surface area contributed by atoms with Crippen molar-refractivity contribution in [3.63, 3.8) is 0 Å². The predicted molar refractivity (Wildman–Crippen MR) is 189 cm³/mol. The standard InChI is InChI=1S/C35H30BrCl2N5O4/c1-3-42(28-17-16-27(37)26(32(28)38)21-47-29-10-7-19-43-33(36)22(2)40-34(29)43)31(45)20-39-30(44)18-13-23-11-14-25(15-12-23)41-35(46)24-8-5-4-6-9-24/h4-19H,3,20-21H2,1-2H3,(H,39,44)(H,41,46). The van der Waals surface area contributed by atoms with E-state index in [9.17, 15) is 14.4 Å². The van der Waals surface area contributed by atoms with Crippen molar-refractivity contribution in [1.29, 1.82) is 0 Å². The molecule has 0 bridgehead atoms. The second-order valence-corrected chi connectivity index (χ2v) is 11.9. The Kier molecular flexibility index (Phi) is 11.0. The van der Waals surface area contributed by atoms with Crippen molar-refractivity contribution in [2.24, 2.45) is 0 Å². The van der Waals surface area contributed by atoms with Crippen LogP contribution in [0.25, 0.3) is 11.7 Å². The number of likely N-dealkylation sites (N-methyl/N-ethyl adjacent to an activating group) is 1. The van der Waals surface area contributed by atoms with E-state index >= 15 is 0 Å². The second kappa shape index (κ2) is 15.3. The summed E-state index contributed by atoms with van der Waals surface area (Å²) in [5.74, 6) is -0.465. The number of benzene rings is 3. The van der Waals surface area contributed by atoms with E-state index in [2.05, 4.69) is 31.5 Å². The summed E-state index contributed by atoms with van der Waals surface area (Å²) in [5, 5.41) is 6.12. The maximum Gasteiger partial charge on any atom is 0.255 e. The summed E-state index contributed by atoms with van der Waals surface area (Å²) in [4.78, 5) is 44.1. The molecule has 3 amide bonds. The molecule has 3 aromatic carbocycles. The molecular weight excluding hydrogens is 705 g/mol. The number of nitrogens with one attached hydrogen (secondary N) is 2. The molecule has 240 valence electrons. The molecule has 0 saturated heterocycles. The maximum atomic E-state index is 13.2. The van der Waals surface area contributed by atoms with Crippen molar-refractivity contribution in [2.45, 2.75) is 20.5 Å². The van der Waals surface area contributed by atoms with Crippen LogP contribution in [-0.2, 0) is 16.2 Å². The van der Waals surface area contributed by atoms with Crippen molar-refractivity contribution in [2.75, 3.05) is 23.3 Å². The number of halogens is 3. The third kappa shape index (κ3) is 8.02. The van der Waals surface area contributed by atoms with Gasteiger partial charge in [0, 0.05) is 40.7 Å². The van der Waals surface area contributed by atoms with Gasteiger partial charge in [0.2, 0.25) is 11.8 Å². The number of imidazole rings is 1. The highest BCUT2D eigenvalue weighted by molar-refractivity contribution is 9.10. The van der Waals surface area contributed by atoms with Gasteiger partial charge in [0.05, 0.1) is 22.9 Å². The van der Waals surface area contributed by atoms with Gasteiger partial charge in [-0.3, -0.25) is 18.8 Å². The lowest BCUT2D eigenvalue weighted by Gasteiger charge is -2.24. The number of aryl methyl sites for hydroxylation is 1. The largest absolute Gasteiger partial charge is 0.485 e. The molecule has 47 heavy (non-hydrogen) atoms. The van der Waals surface area contributed by atoms with Gasteiger partial charge in [-0.15, -0.1) is 0 Å². The minimum Gasteiger partial charge on any atom is -0.485 e. The van der Waals surface area contributed by atoms with Crippen LogP contribution in [0, 0.1) is 6.92 Å². The van der Waals surface area contributed by atoms with Crippen molar-refractivity contribution in [3.05, 3.63) is 128 Å². The van der Waals surface area contributed by atoms with E-state index in [0.717, 1.165) is 15.9 Å². The molecule has 0 aliphatic carbocycles. The highest BCUT2D eigenvalue weighted by atomic mass is 79.9. The number of ether oxygens (including phenoxy) is 1. The van der Waals surface area contributed by atoms with E-state index in [1.165, 1.54) is 11.0 Å². The highest BCUT2D eigenvalue weighted by Gasteiger charge is 2.21. The minimum atomic E-state index is -0.442. The lowest BCUT2D eigenvalue weighted by molar-refractivity contribution is -0.122. The van der Waals surface area contributed by atoms with Gasteiger partial charge >= 0.3 is 0 Å². The average molecular weight is 735 g/mol. The van der Waals surface area contributed by atoms with Gasteiger partial charge in [0.1, 0.15) is 11.2 Å². The third-order valence-electron chi connectivity index (χ3n) is 7.21. The highest BCUT2D eigenvalue weighted by Crippen LogP contribution is 2.35. The third-order valence-corrected chi connectivity index (χ3v) is 8.94. The summed E-state index contributed by atoms with van der Waals surface area (Å²) in [6.07, 6.45) is 4.83. The fourth-order valence-electron chi connectivity index (χ4n) is 4.76. The van der Waals surface area contributed by atoms with Crippen molar-refractivity contribution >= 4 is 80.0 Å². The number of pyridine rings is 1. The first-order chi connectivity index (χ1) is 22.7. The van der Waals surface area contributed by atoms with Gasteiger partial charge in [0.15, 0.2) is 11.4 Å². The molecule has 0 fully saturated rings. The topological polar surface area (TPSA) is 105 Å². The molecular formula is C35H30BrCl2N5O4. The first-order valence-electron chi connectivity index (χ1n) is 14.6. The Hall–Kier alpha value is -4.64. The summed E-state index contributed by atoms with van der Waals surface area (Å²) < 4.78 is 8.79. The van der Waals surface area contributed by atoms with Crippen molar-refractivity contribution in [1.82, 2.24) is 14.7 Å². The zero-order valence-electron chi connectivity index (χ0n) is 25.5. The van der Waals surface area contributed by atoms with Gasteiger partial charge in [-0.25, -0.2) is 4.98 Å². The Balaban J connectivity index is 1.18. The number of aromatic nitrogens is 2. The predicted octanol–water partition coefficient (Wildman–Crippen LogP) is 7.73. The number of hydrogen-bond acceptors (Lipinski definition) is 5. The molecule has 2 heterocycles. The molecule has 9 nitrogen and oxygen atoms in total. The van der Waals surface area contributed by atoms with E-state index in [-0.39, 0.29) is 30.0 Å². The number of carbonyl (C=O) groups is 3. The fraction of sp³-hybridized carbons (Fsp3) is 0.143. The second-order valence-electron chi connectivity index (χ2n) is 10.3. The van der Waals surface area contributed by atoms with Gasteiger partial charge in [-0.2, -0.15) is 0 Å². The minimum absolute atomic E-state index is 0.0440. The van der Waals surface area contributed by atoms with Crippen LogP contribution in [0.5, 0.6) is 5.75 Å². The quantitative estimate of drug-likeness (QED) is 0.135. The normalized spacial score (nSPS) is 11.1. The van der Waals surface area contributed by atoms with Crippen LogP contribution in [0.15, 0.2) is 95.7 Å². The lowest BCUT2D eigenvalue weighted by atomic mass is 10.1. The van der Waals surface area contributed by atoms with Crippen LogP contribution in [0.3, 0.4) is 0 Å². The summed E-state index contributed by atoms with van der Waals surface area (Å²) in [6, 6.07) is 22.9. The first-order valence-corrected chi connectivity index (χ1v) is 16.2. The summed E-state index contributed by atoms with van der Waals surface area (Å²) >= 11 is 16.8. The summed E-state index contributed by atoms with van der Waals surface area (Å²) in [6.45, 7) is 3.80. The first kappa shape index (κ1) is 33.7. The zero-order chi connectivity index (χ0) is 33.5. The number of nitrogens with zero attached hydrogens (tertiary/aromatic N) is 3. The molecule has 12 heteroatoms. The Labute approximate surface area is 290 Å². The molecule has 0 aliphatic heterocycles. The van der Waals surface area contributed by atoms with Gasteiger partial charge in [0.25, 0.3) is 5.91 Å². The van der Waals surface area contributed by atoms with Crippen LogP contribution >= 0.6 is 39.1 Å². The molecule has 2 N–H and O–H groups in total. The zero-order valence-corrected chi connectivity index (χ0v) is 28.6. The van der Waals surface area contributed by atoms with Crippen LogP contribution < -0.4 is 20.3 Å². The maximum absolute atomic E-state index is 13.2. The number of fused-ring (bicyclic) bond motifs is 1. The number of amides is 3. The molecule has 5 aromatic rings. The van der Waals surface area contributed by atoms with E-state index in [1.807, 2.05) is 36.6 Å². The Bertz CT molecular complexity index is 1960. The van der Waals surface area contributed by atoms with Gasteiger partial charge in [-0.1, -0.05) is 53.5 Å². The van der Waals surface area contributed by atoms with E-state index in [4.69, 9.17) is 27.9 Å². The van der Waals surface area contributed by atoms with Crippen molar-refractivity contribution < 1.29 is 19.1 Å². The molecule has 0 unspecified atom stereocenters. The van der Waals surface area contributed by atoms with E-state index in [0.29, 0.717) is 45.5 Å². The van der Waals surface area contributed by atoms with Gasteiger partial charge in [-0.05, 0) is 89.9 Å². The van der Waals surface area contributed by atoms with Crippen LogP contribution in [0.2, 0.25) is 10.0 Å². The molecule has 0 aliphatic rings. The Morgan fingerprint density at radius 2 is 1.74 bits per heavy atom. The molecule has 0 atom stereocenters. The molecule has 0 saturated carbocycles. The lowest BCUT2D eigenvalue weighted by Crippen LogP contribution is -2.40. The summed E-state index contributed by atoms with van der Waals surface area (Å²) in [7, 11) is 0. The Morgan fingerprint density at radius 3 is 2.47 bits per heavy atom. The smallest absolute Gasteiger partial charge is 0.255 e. The molecule has 0 radical (unpaired) electrons. The van der Waals surface area contributed by atoms with Gasteiger partial charge < -0.3 is 20.3 Å². The van der Waals surface area contributed by atoms with E-state index < -0.39 is 5.91 Å². The molecule has 2 aromatic heterocycles. The Morgan fingerprint density at radius 1 is 1.00 bits per heavy atom. The SMILES string of the molecule is CCN(C(=O)CNC(=O)C=Cc1ccc(NC(=O)c2ccccc2)cc1)c1ccc(Cl)c(COc2cccn3c(Br)c(C)nc23)c1Cl.